The highest BCUT2D eigenvalue weighted by Crippen LogP contribution is 2.25. The van der Waals surface area contributed by atoms with Crippen molar-refractivity contribution in [3.63, 3.8) is 0 Å². The van der Waals surface area contributed by atoms with E-state index in [-0.39, 0.29) is 0 Å². The number of benzene rings is 2. The molecule has 33 heavy (non-hydrogen) atoms. The van der Waals surface area contributed by atoms with Gasteiger partial charge in [0.25, 0.3) is 0 Å². The number of fused-ring (bicyclic) bond motifs is 1. The van der Waals surface area contributed by atoms with Crippen LogP contribution in [0.3, 0.4) is 0 Å². The minimum atomic E-state index is 0.516. The Kier molecular flexibility index (Phi) is 5.92. The lowest BCUT2D eigenvalue weighted by Crippen LogP contribution is -2.44. The molecule has 2 aromatic heterocycles. The van der Waals surface area contributed by atoms with Crippen molar-refractivity contribution in [2.45, 2.75) is 12.8 Å². The van der Waals surface area contributed by atoms with E-state index in [1.165, 1.54) is 5.69 Å². The van der Waals surface area contributed by atoms with E-state index >= 15 is 0 Å². The van der Waals surface area contributed by atoms with E-state index in [1.54, 1.807) is 0 Å². The highest BCUT2D eigenvalue weighted by Gasteiger charge is 2.15. The highest BCUT2D eigenvalue weighted by molar-refractivity contribution is 5.68. The van der Waals surface area contributed by atoms with Gasteiger partial charge >= 0.3 is 0 Å². The fourth-order valence-electron chi connectivity index (χ4n) is 4.24. The van der Waals surface area contributed by atoms with E-state index in [2.05, 4.69) is 75.7 Å². The molecular weight excluding hydrogens is 410 g/mol. The van der Waals surface area contributed by atoms with Crippen LogP contribution in [0.15, 0.2) is 66.9 Å². The van der Waals surface area contributed by atoms with Crippen LogP contribution in [0.5, 0.6) is 0 Å². The first-order valence-electron chi connectivity index (χ1n) is 11.3. The molecule has 0 radical (unpaired) electrons. The number of nitrogens with one attached hydrogen (secondary N) is 1. The minimum absolute atomic E-state index is 0.516. The van der Waals surface area contributed by atoms with Crippen LogP contribution in [0.4, 0.5) is 17.3 Å². The molecule has 5 rings (SSSR count). The van der Waals surface area contributed by atoms with Gasteiger partial charge in [0.2, 0.25) is 5.95 Å². The first-order chi connectivity index (χ1) is 16.2. The SMILES string of the molecule is CN1CCN(c2cccc(Nc3ncc4ccc(-c5cccc(CCC#N)c5)n4n3)c2)CC1. The van der Waals surface area contributed by atoms with Crippen LogP contribution in [0.1, 0.15) is 12.0 Å². The second-order valence-corrected chi connectivity index (χ2v) is 8.46. The van der Waals surface area contributed by atoms with E-state index in [4.69, 9.17) is 10.4 Å². The number of hydrogen-bond donors (Lipinski definition) is 1. The Bertz CT molecular complexity index is 1300. The maximum Gasteiger partial charge on any atom is 0.245 e. The van der Waals surface area contributed by atoms with Crippen LogP contribution < -0.4 is 10.2 Å². The Balaban J connectivity index is 1.40. The van der Waals surface area contributed by atoms with E-state index in [0.29, 0.717) is 12.4 Å². The largest absolute Gasteiger partial charge is 0.369 e. The molecule has 0 amide bonds. The van der Waals surface area contributed by atoms with E-state index in [0.717, 1.165) is 60.6 Å². The summed E-state index contributed by atoms with van der Waals surface area (Å²) >= 11 is 0. The third kappa shape index (κ3) is 4.66. The number of aryl methyl sites for hydroxylation is 1. The lowest BCUT2D eigenvalue weighted by molar-refractivity contribution is 0.313. The molecule has 0 unspecified atom stereocenters. The average Bonchev–Trinajstić information content (AvgIpc) is 3.27. The number of likely N-dealkylation sites (N-methyl/N-ethyl adjacent to an activating group) is 1. The molecule has 0 spiro atoms. The summed E-state index contributed by atoms with van der Waals surface area (Å²) in [6.45, 7) is 4.21. The van der Waals surface area contributed by atoms with Crippen LogP contribution in [-0.2, 0) is 6.42 Å². The zero-order chi connectivity index (χ0) is 22.6. The summed E-state index contributed by atoms with van der Waals surface area (Å²) in [7, 11) is 2.17. The van der Waals surface area contributed by atoms with Crippen molar-refractivity contribution >= 4 is 22.8 Å². The highest BCUT2D eigenvalue weighted by atomic mass is 15.3. The Morgan fingerprint density at radius 3 is 2.70 bits per heavy atom. The summed E-state index contributed by atoms with van der Waals surface area (Å²) < 4.78 is 1.92. The van der Waals surface area contributed by atoms with Gasteiger partial charge in [-0.2, -0.15) is 5.26 Å². The second kappa shape index (κ2) is 9.31. The predicted molar refractivity (Wildman–Crippen MR) is 132 cm³/mol. The molecule has 0 atom stereocenters. The van der Waals surface area contributed by atoms with Gasteiger partial charge in [-0.15, -0.1) is 5.10 Å². The first-order valence-corrected chi connectivity index (χ1v) is 11.3. The number of anilines is 3. The zero-order valence-corrected chi connectivity index (χ0v) is 18.8. The molecule has 1 aliphatic rings. The van der Waals surface area contributed by atoms with E-state index < -0.39 is 0 Å². The lowest BCUT2D eigenvalue weighted by atomic mass is 10.1. The predicted octanol–water partition coefficient (Wildman–Crippen LogP) is 4.35. The Labute approximate surface area is 193 Å². The van der Waals surface area contributed by atoms with Crippen molar-refractivity contribution in [3.05, 3.63) is 72.4 Å². The van der Waals surface area contributed by atoms with Crippen molar-refractivity contribution in [2.75, 3.05) is 43.4 Å². The molecule has 4 aromatic rings. The summed E-state index contributed by atoms with van der Waals surface area (Å²) in [6.07, 6.45) is 3.10. The molecule has 3 heterocycles. The molecule has 7 nitrogen and oxygen atoms in total. The lowest BCUT2D eigenvalue weighted by Gasteiger charge is -2.34. The summed E-state index contributed by atoms with van der Waals surface area (Å²) in [5, 5.41) is 17.0. The molecule has 1 aliphatic heterocycles. The number of nitriles is 1. The maximum atomic E-state index is 8.89. The molecule has 166 valence electrons. The Morgan fingerprint density at radius 2 is 1.85 bits per heavy atom. The molecule has 0 bridgehead atoms. The van der Waals surface area contributed by atoms with Gasteiger partial charge in [-0.25, -0.2) is 9.50 Å². The van der Waals surface area contributed by atoms with Crippen molar-refractivity contribution in [1.82, 2.24) is 19.5 Å². The quantitative estimate of drug-likeness (QED) is 0.484. The topological polar surface area (TPSA) is 72.5 Å². The van der Waals surface area contributed by atoms with Gasteiger partial charge in [0.05, 0.1) is 23.5 Å². The third-order valence-corrected chi connectivity index (χ3v) is 6.12. The van der Waals surface area contributed by atoms with Gasteiger partial charge in [-0.3, -0.25) is 0 Å². The maximum absolute atomic E-state index is 8.89. The third-order valence-electron chi connectivity index (χ3n) is 6.12. The smallest absolute Gasteiger partial charge is 0.245 e. The summed E-state index contributed by atoms with van der Waals surface area (Å²) in [6, 6.07) is 23.0. The Hall–Kier alpha value is -3.89. The van der Waals surface area contributed by atoms with Gasteiger partial charge in [0, 0.05) is 49.5 Å². The van der Waals surface area contributed by atoms with Gasteiger partial charge in [-0.1, -0.05) is 24.3 Å². The first kappa shape index (κ1) is 21.0. The van der Waals surface area contributed by atoms with E-state index in [1.807, 2.05) is 28.9 Å². The fraction of sp³-hybridized carbons (Fsp3) is 0.269. The summed E-state index contributed by atoms with van der Waals surface area (Å²) in [4.78, 5) is 9.29. The van der Waals surface area contributed by atoms with Crippen LogP contribution in [0.25, 0.3) is 16.8 Å². The molecule has 7 heteroatoms. The Morgan fingerprint density at radius 1 is 1.00 bits per heavy atom. The molecule has 1 saturated heterocycles. The van der Waals surface area contributed by atoms with Crippen LogP contribution >= 0.6 is 0 Å². The summed E-state index contributed by atoms with van der Waals surface area (Å²) in [5.74, 6) is 0.552. The number of rotatable bonds is 6. The van der Waals surface area contributed by atoms with Gasteiger partial charge in [0.1, 0.15) is 0 Å². The minimum Gasteiger partial charge on any atom is -0.369 e. The van der Waals surface area contributed by atoms with Crippen LogP contribution in [0.2, 0.25) is 0 Å². The fourth-order valence-corrected chi connectivity index (χ4v) is 4.24. The number of aromatic nitrogens is 3. The van der Waals surface area contributed by atoms with Crippen molar-refractivity contribution < 1.29 is 0 Å². The van der Waals surface area contributed by atoms with Gasteiger partial charge in [0.15, 0.2) is 0 Å². The molecule has 0 aliphatic carbocycles. The summed E-state index contributed by atoms with van der Waals surface area (Å²) in [5.41, 5.74) is 6.34. The van der Waals surface area contributed by atoms with Gasteiger partial charge in [-0.05, 0) is 55.4 Å². The zero-order valence-electron chi connectivity index (χ0n) is 18.8. The normalized spacial score (nSPS) is 14.4. The monoisotopic (exact) mass is 437 g/mol. The average molecular weight is 438 g/mol. The molecule has 1 fully saturated rings. The van der Waals surface area contributed by atoms with Crippen LogP contribution in [-0.4, -0.2) is 52.7 Å². The van der Waals surface area contributed by atoms with Crippen molar-refractivity contribution in [2.24, 2.45) is 0 Å². The standard InChI is InChI=1S/C26H27N7/c1-31-13-15-32(16-14-31)23-9-3-8-22(18-23)29-26-28-19-24-10-11-25(33(24)30-26)21-7-2-5-20(17-21)6-4-12-27/h2-3,5,7-11,17-19H,4,6,13-16H2,1H3,(H,29,30). The van der Waals surface area contributed by atoms with Crippen LogP contribution in [0, 0.1) is 11.3 Å². The molecule has 1 N–H and O–H groups in total. The number of nitrogens with zero attached hydrogens (tertiary/aromatic N) is 6. The van der Waals surface area contributed by atoms with Crippen molar-refractivity contribution in [3.8, 4) is 17.3 Å². The molecule has 0 saturated carbocycles. The number of hydrogen-bond acceptors (Lipinski definition) is 6. The second-order valence-electron chi connectivity index (χ2n) is 8.46. The van der Waals surface area contributed by atoms with Crippen molar-refractivity contribution in [1.29, 1.82) is 5.26 Å². The molecule has 2 aromatic carbocycles. The van der Waals surface area contributed by atoms with E-state index in [9.17, 15) is 0 Å². The molecular formula is C26H27N7. The number of piperazine rings is 1. The van der Waals surface area contributed by atoms with Gasteiger partial charge < -0.3 is 15.1 Å².